The van der Waals surface area contributed by atoms with E-state index in [2.05, 4.69) is 4.98 Å². The van der Waals surface area contributed by atoms with Crippen LogP contribution in [0, 0.1) is 0 Å². The first kappa shape index (κ1) is 14.8. The third-order valence-corrected chi connectivity index (χ3v) is 3.82. The van der Waals surface area contributed by atoms with Crippen LogP contribution in [0.25, 0.3) is 11.0 Å². The molecule has 1 aromatic heterocycles. The number of morpholine rings is 1. The topological polar surface area (TPSA) is 82.6 Å². The summed E-state index contributed by atoms with van der Waals surface area (Å²) in [6, 6.07) is 5.59. The molecule has 1 saturated heterocycles. The molecule has 7 nitrogen and oxygen atoms in total. The van der Waals surface area contributed by atoms with Crippen LogP contribution in [0.2, 0.25) is 0 Å². The number of aromatic nitrogens is 2. The van der Waals surface area contributed by atoms with Crippen LogP contribution >= 0.6 is 0 Å². The van der Waals surface area contributed by atoms with E-state index in [-0.39, 0.29) is 12.5 Å². The van der Waals surface area contributed by atoms with E-state index in [1.807, 2.05) is 21.6 Å². The lowest BCUT2D eigenvalue weighted by Gasteiger charge is -2.27. The monoisotopic (exact) mass is 304 g/mol. The van der Waals surface area contributed by atoms with Crippen molar-refractivity contribution in [2.75, 3.05) is 39.1 Å². The zero-order valence-corrected chi connectivity index (χ0v) is 12.6. The number of methoxy groups -OCH3 is 1. The summed E-state index contributed by atoms with van der Waals surface area (Å²) in [6.45, 7) is 3.02. The fourth-order valence-corrected chi connectivity index (χ4v) is 2.68. The Kier molecular flexibility index (Phi) is 4.26. The summed E-state index contributed by atoms with van der Waals surface area (Å²) in [5.41, 5.74) is 8.15. The molecule has 1 aliphatic rings. The summed E-state index contributed by atoms with van der Waals surface area (Å²) in [7, 11) is 1.61. The second-order valence-electron chi connectivity index (χ2n) is 5.26. The van der Waals surface area contributed by atoms with Crippen molar-refractivity contribution in [3.63, 3.8) is 0 Å². The van der Waals surface area contributed by atoms with Crippen LogP contribution < -0.4 is 5.73 Å². The van der Waals surface area contributed by atoms with Crippen molar-refractivity contribution in [3.8, 4) is 0 Å². The summed E-state index contributed by atoms with van der Waals surface area (Å²) in [4.78, 5) is 18.8. The van der Waals surface area contributed by atoms with Gasteiger partial charge in [-0.2, -0.15) is 0 Å². The average Bonchev–Trinajstić information content (AvgIpc) is 2.88. The quantitative estimate of drug-likeness (QED) is 0.838. The van der Waals surface area contributed by atoms with Crippen LogP contribution in [-0.2, 0) is 27.4 Å². The number of carbonyl (C=O) groups is 1. The van der Waals surface area contributed by atoms with Crippen molar-refractivity contribution in [2.45, 2.75) is 13.2 Å². The van der Waals surface area contributed by atoms with E-state index in [0.717, 1.165) is 5.52 Å². The largest absolute Gasteiger partial charge is 0.397 e. The number of rotatable bonds is 4. The number of anilines is 1. The van der Waals surface area contributed by atoms with Gasteiger partial charge in [0.15, 0.2) is 0 Å². The van der Waals surface area contributed by atoms with Crippen LogP contribution in [0.1, 0.15) is 5.82 Å². The third kappa shape index (κ3) is 2.77. The average molecular weight is 304 g/mol. The normalized spacial score (nSPS) is 15.4. The maximum absolute atomic E-state index is 12.5. The van der Waals surface area contributed by atoms with Gasteiger partial charge in [-0.25, -0.2) is 4.98 Å². The smallest absolute Gasteiger partial charge is 0.242 e. The summed E-state index contributed by atoms with van der Waals surface area (Å²) < 4.78 is 12.4. The highest BCUT2D eigenvalue weighted by Crippen LogP contribution is 2.22. The van der Waals surface area contributed by atoms with Gasteiger partial charge in [0.05, 0.1) is 24.4 Å². The number of nitrogens with two attached hydrogens (primary N) is 1. The number of imidazole rings is 1. The van der Waals surface area contributed by atoms with Gasteiger partial charge in [0, 0.05) is 20.2 Å². The molecule has 1 amide bonds. The zero-order chi connectivity index (χ0) is 15.5. The summed E-state index contributed by atoms with van der Waals surface area (Å²) in [6.07, 6.45) is 0. The maximum Gasteiger partial charge on any atom is 0.242 e. The molecule has 1 aromatic carbocycles. The SMILES string of the molecule is COCc1nc2c(N)cccc2n1CC(=O)N1CCOCC1. The van der Waals surface area contributed by atoms with E-state index in [9.17, 15) is 4.79 Å². The molecule has 0 unspecified atom stereocenters. The number of amides is 1. The number of fused-ring (bicyclic) bond motifs is 1. The number of hydrogen-bond acceptors (Lipinski definition) is 5. The van der Waals surface area contributed by atoms with Gasteiger partial charge >= 0.3 is 0 Å². The van der Waals surface area contributed by atoms with Gasteiger partial charge in [-0.3, -0.25) is 4.79 Å². The highest BCUT2D eigenvalue weighted by molar-refractivity contribution is 5.89. The van der Waals surface area contributed by atoms with Gasteiger partial charge in [0.1, 0.15) is 24.5 Å². The number of nitrogens with zero attached hydrogens (tertiary/aromatic N) is 3. The number of carbonyl (C=O) groups excluding carboxylic acids is 1. The Morgan fingerprint density at radius 2 is 2.18 bits per heavy atom. The van der Waals surface area contributed by atoms with Gasteiger partial charge < -0.3 is 24.7 Å². The Labute approximate surface area is 128 Å². The van der Waals surface area contributed by atoms with E-state index < -0.39 is 0 Å². The molecule has 0 spiro atoms. The third-order valence-electron chi connectivity index (χ3n) is 3.82. The first-order valence-electron chi connectivity index (χ1n) is 7.28. The molecule has 0 saturated carbocycles. The van der Waals surface area contributed by atoms with Gasteiger partial charge in [0.25, 0.3) is 0 Å². The Balaban J connectivity index is 1.92. The van der Waals surface area contributed by atoms with Crippen LogP contribution in [0.3, 0.4) is 0 Å². The van der Waals surface area contributed by atoms with Crippen molar-refractivity contribution in [1.29, 1.82) is 0 Å². The molecule has 0 bridgehead atoms. The van der Waals surface area contributed by atoms with Crippen LogP contribution in [0.4, 0.5) is 5.69 Å². The molecule has 1 aliphatic heterocycles. The van der Waals surface area contributed by atoms with Crippen LogP contribution in [0.15, 0.2) is 18.2 Å². The molecular formula is C15H20N4O3. The van der Waals surface area contributed by atoms with E-state index in [1.165, 1.54) is 0 Å². The van der Waals surface area contributed by atoms with E-state index in [1.54, 1.807) is 13.2 Å². The Bertz CT molecular complexity index is 677. The number of para-hydroxylation sites is 1. The predicted molar refractivity (Wildman–Crippen MR) is 82.3 cm³/mol. The number of benzene rings is 1. The minimum Gasteiger partial charge on any atom is -0.397 e. The van der Waals surface area contributed by atoms with Gasteiger partial charge in [-0.1, -0.05) is 6.07 Å². The van der Waals surface area contributed by atoms with E-state index >= 15 is 0 Å². The predicted octanol–water partition coefficient (Wildman–Crippen LogP) is 0.624. The summed E-state index contributed by atoms with van der Waals surface area (Å²) >= 11 is 0. The molecule has 22 heavy (non-hydrogen) atoms. The molecule has 7 heteroatoms. The lowest BCUT2D eigenvalue weighted by molar-refractivity contribution is -0.135. The minimum atomic E-state index is 0.0578. The second-order valence-corrected chi connectivity index (χ2v) is 5.26. The van der Waals surface area contributed by atoms with E-state index in [4.69, 9.17) is 15.2 Å². The lowest BCUT2D eigenvalue weighted by Crippen LogP contribution is -2.42. The Morgan fingerprint density at radius 3 is 2.91 bits per heavy atom. The fourth-order valence-electron chi connectivity index (χ4n) is 2.68. The molecule has 118 valence electrons. The summed E-state index contributed by atoms with van der Waals surface area (Å²) in [5, 5.41) is 0. The van der Waals surface area contributed by atoms with Crippen molar-refractivity contribution >= 4 is 22.6 Å². The second kappa shape index (κ2) is 6.33. The Morgan fingerprint density at radius 1 is 1.41 bits per heavy atom. The number of nitrogen functional groups attached to an aromatic ring is 1. The van der Waals surface area contributed by atoms with Crippen molar-refractivity contribution in [3.05, 3.63) is 24.0 Å². The Hall–Kier alpha value is -2.12. The lowest BCUT2D eigenvalue weighted by atomic mass is 10.2. The molecule has 3 rings (SSSR count). The fraction of sp³-hybridized carbons (Fsp3) is 0.467. The maximum atomic E-state index is 12.5. The molecule has 0 atom stereocenters. The van der Waals surface area contributed by atoms with Crippen LogP contribution in [0.5, 0.6) is 0 Å². The van der Waals surface area contributed by atoms with Crippen molar-refractivity contribution in [2.24, 2.45) is 0 Å². The minimum absolute atomic E-state index is 0.0578. The zero-order valence-electron chi connectivity index (χ0n) is 12.6. The highest BCUT2D eigenvalue weighted by Gasteiger charge is 2.20. The molecule has 0 aliphatic carbocycles. The molecule has 1 fully saturated rings. The van der Waals surface area contributed by atoms with Gasteiger partial charge in [-0.05, 0) is 12.1 Å². The standard InChI is InChI=1S/C15H20N4O3/c1-21-10-13-17-15-11(16)3-2-4-12(15)19(13)9-14(20)18-5-7-22-8-6-18/h2-4H,5-10,16H2,1H3. The van der Waals surface area contributed by atoms with Gasteiger partial charge in [-0.15, -0.1) is 0 Å². The van der Waals surface area contributed by atoms with Crippen LogP contribution in [-0.4, -0.2) is 53.8 Å². The molecule has 2 aromatic rings. The number of hydrogen-bond donors (Lipinski definition) is 1. The first-order chi connectivity index (χ1) is 10.7. The van der Waals surface area contributed by atoms with Gasteiger partial charge in [0.2, 0.25) is 5.91 Å². The molecule has 0 radical (unpaired) electrons. The molecular weight excluding hydrogens is 284 g/mol. The van der Waals surface area contributed by atoms with Crippen molar-refractivity contribution < 1.29 is 14.3 Å². The first-order valence-corrected chi connectivity index (χ1v) is 7.28. The highest BCUT2D eigenvalue weighted by atomic mass is 16.5. The van der Waals surface area contributed by atoms with Crippen molar-refractivity contribution in [1.82, 2.24) is 14.5 Å². The molecule has 2 N–H and O–H groups in total. The van der Waals surface area contributed by atoms with E-state index in [0.29, 0.717) is 49.9 Å². The number of ether oxygens (including phenoxy) is 2. The summed E-state index contributed by atoms with van der Waals surface area (Å²) in [5.74, 6) is 0.763. The molecule has 2 heterocycles.